The van der Waals surface area contributed by atoms with E-state index in [-0.39, 0.29) is 16.6 Å². The maximum Gasteiger partial charge on any atom is 0.162 e. The zero-order valence-electron chi connectivity index (χ0n) is 13.1. The third kappa shape index (κ3) is 1.86. The lowest BCUT2D eigenvalue weighted by molar-refractivity contribution is -0.130. The molecular weight excluding hydrogens is 296 g/mol. The van der Waals surface area contributed by atoms with Crippen LogP contribution in [0.1, 0.15) is 45.4 Å². The first-order valence-corrected chi connectivity index (χ1v) is 9.10. The molecule has 2 nitrogen and oxygen atoms in total. The van der Waals surface area contributed by atoms with Crippen molar-refractivity contribution in [3.63, 3.8) is 0 Å². The molecular formula is C19H23ClO2. The summed E-state index contributed by atoms with van der Waals surface area (Å²) in [5, 5.41) is 0.0620. The van der Waals surface area contributed by atoms with Gasteiger partial charge in [0, 0.05) is 17.2 Å². The van der Waals surface area contributed by atoms with Crippen LogP contribution in [-0.2, 0) is 9.59 Å². The summed E-state index contributed by atoms with van der Waals surface area (Å²) in [6, 6.07) is 0. The molecule has 0 spiro atoms. The van der Waals surface area contributed by atoms with Crippen LogP contribution in [0.4, 0.5) is 0 Å². The Morgan fingerprint density at radius 3 is 2.86 bits per heavy atom. The highest BCUT2D eigenvalue weighted by Gasteiger charge is 2.58. The van der Waals surface area contributed by atoms with Gasteiger partial charge in [-0.1, -0.05) is 18.6 Å². The van der Waals surface area contributed by atoms with Crippen LogP contribution in [0.15, 0.2) is 23.8 Å². The van der Waals surface area contributed by atoms with Crippen LogP contribution < -0.4 is 0 Å². The van der Waals surface area contributed by atoms with Gasteiger partial charge < -0.3 is 0 Å². The molecule has 2 saturated carbocycles. The van der Waals surface area contributed by atoms with Crippen LogP contribution in [0.25, 0.3) is 0 Å². The van der Waals surface area contributed by atoms with E-state index in [1.807, 2.05) is 12.2 Å². The van der Waals surface area contributed by atoms with Crippen LogP contribution >= 0.6 is 11.6 Å². The normalized spacial score (nSPS) is 46.8. The highest BCUT2D eigenvalue weighted by atomic mass is 35.5. The summed E-state index contributed by atoms with van der Waals surface area (Å²) in [6.07, 6.45) is 11.3. The average Bonchev–Trinajstić information content (AvgIpc) is 2.84. The topological polar surface area (TPSA) is 34.1 Å². The molecule has 0 unspecified atom stereocenters. The van der Waals surface area contributed by atoms with E-state index in [1.54, 1.807) is 0 Å². The summed E-state index contributed by atoms with van der Waals surface area (Å²) in [5.74, 6) is 2.36. The van der Waals surface area contributed by atoms with E-state index >= 15 is 0 Å². The predicted molar refractivity (Wildman–Crippen MR) is 86.6 cm³/mol. The maximum absolute atomic E-state index is 12.5. The second kappa shape index (κ2) is 5.06. The molecule has 4 aliphatic carbocycles. The average molecular weight is 319 g/mol. The standard InChI is InChI=1S/C19H23ClO2/c1-2-19-10-16(20)18-13-6-4-12(21)9-11(13)3-5-14(18)15(19)7-8-17(19)22/h7-9,13-16,18H,2-6,10H2,1H3/t13-,14-,15-,16-,18+,19-/m0/s1. The van der Waals surface area contributed by atoms with Crippen molar-refractivity contribution in [3.05, 3.63) is 23.8 Å². The molecule has 3 heteroatoms. The summed E-state index contributed by atoms with van der Waals surface area (Å²) >= 11 is 6.85. The molecule has 0 radical (unpaired) electrons. The molecule has 0 aromatic rings. The number of hydrogen-bond donors (Lipinski definition) is 0. The Hall–Kier alpha value is -0.890. The van der Waals surface area contributed by atoms with E-state index in [0.29, 0.717) is 35.9 Å². The maximum atomic E-state index is 12.5. The Bertz CT molecular complexity index is 590. The van der Waals surface area contributed by atoms with Crippen LogP contribution in [0.2, 0.25) is 0 Å². The molecule has 0 N–H and O–H groups in total. The Balaban J connectivity index is 1.72. The van der Waals surface area contributed by atoms with Crippen molar-refractivity contribution in [1.29, 1.82) is 0 Å². The van der Waals surface area contributed by atoms with E-state index in [4.69, 9.17) is 11.6 Å². The first-order valence-electron chi connectivity index (χ1n) is 8.67. The van der Waals surface area contributed by atoms with Crippen molar-refractivity contribution >= 4 is 23.2 Å². The number of carbonyl (C=O) groups excluding carboxylic acids is 2. The first-order chi connectivity index (χ1) is 10.6. The van der Waals surface area contributed by atoms with Crippen LogP contribution in [-0.4, -0.2) is 16.9 Å². The lowest BCUT2D eigenvalue weighted by Gasteiger charge is -2.54. The van der Waals surface area contributed by atoms with Crippen LogP contribution in [0.5, 0.6) is 0 Å². The lowest BCUT2D eigenvalue weighted by Crippen LogP contribution is -2.52. The number of alkyl halides is 1. The largest absolute Gasteiger partial charge is 0.295 e. The minimum absolute atomic E-state index is 0.0620. The fourth-order valence-electron chi connectivity index (χ4n) is 5.86. The second-order valence-electron chi connectivity index (χ2n) is 7.59. The van der Waals surface area contributed by atoms with E-state index < -0.39 is 0 Å². The van der Waals surface area contributed by atoms with Gasteiger partial charge >= 0.3 is 0 Å². The quantitative estimate of drug-likeness (QED) is 0.683. The molecule has 0 heterocycles. The van der Waals surface area contributed by atoms with Gasteiger partial charge in [-0.15, -0.1) is 11.6 Å². The molecule has 2 fully saturated rings. The van der Waals surface area contributed by atoms with Gasteiger partial charge in [0.25, 0.3) is 0 Å². The van der Waals surface area contributed by atoms with E-state index in [2.05, 4.69) is 13.0 Å². The fraction of sp³-hybridized carbons (Fsp3) is 0.684. The number of hydrogen-bond acceptors (Lipinski definition) is 2. The zero-order valence-corrected chi connectivity index (χ0v) is 13.8. The lowest BCUT2D eigenvalue weighted by atomic mass is 9.51. The monoisotopic (exact) mass is 318 g/mol. The smallest absolute Gasteiger partial charge is 0.162 e. The van der Waals surface area contributed by atoms with Crippen molar-refractivity contribution < 1.29 is 9.59 Å². The number of carbonyl (C=O) groups is 2. The van der Waals surface area contributed by atoms with Gasteiger partial charge in [0.15, 0.2) is 11.6 Å². The molecule has 6 atom stereocenters. The fourth-order valence-corrected chi connectivity index (χ4v) is 6.50. The zero-order chi connectivity index (χ0) is 15.5. The minimum atomic E-state index is -0.237. The number of halogens is 1. The predicted octanol–water partition coefficient (Wildman–Crippen LogP) is 4.08. The molecule has 22 heavy (non-hydrogen) atoms. The van der Waals surface area contributed by atoms with Crippen LogP contribution in [0.3, 0.4) is 0 Å². The van der Waals surface area contributed by atoms with Gasteiger partial charge in [-0.05, 0) is 67.9 Å². The third-order valence-electron chi connectivity index (χ3n) is 6.90. The minimum Gasteiger partial charge on any atom is -0.295 e. The summed E-state index contributed by atoms with van der Waals surface area (Å²) in [5.41, 5.74) is 1.10. The Morgan fingerprint density at radius 2 is 2.09 bits per heavy atom. The molecule has 0 amide bonds. The highest BCUT2D eigenvalue weighted by molar-refractivity contribution is 6.21. The molecule has 4 aliphatic rings. The number of allylic oxidation sites excluding steroid dienone is 4. The molecule has 0 bridgehead atoms. The molecule has 4 rings (SSSR count). The molecule has 0 aliphatic heterocycles. The summed E-state index contributed by atoms with van der Waals surface area (Å²) in [7, 11) is 0. The van der Waals surface area contributed by atoms with Crippen molar-refractivity contribution in [2.75, 3.05) is 0 Å². The van der Waals surface area contributed by atoms with Gasteiger partial charge in [-0.3, -0.25) is 9.59 Å². The Morgan fingerprint density at radius 1 is 1.27 bits per heavy atom. The Kier molecular flexibility index (Phi) is 3.38. The first kappa shape index (κ1) is 14.7. The molecule has 0 aromatic heterocycles. The van der Waals surface area contributed by atoms with E-state index in [9.17, 15) is 9.59 Å². The van der Waals surface area contributed by atoms with E-state index in [1.165, 1.54) is 5.57 Å². The van der Waals surface area contributed by atoms with Crippen molar-refractivity contribution in [3.8, 4) is 0 Å². The van der Waals surface area contributed by atoms with Crippen molar-refractivity contribution in [2.45, 2.75) is 50.8 Å². The van der Waals surface area contributed by atoms with Crippen molar-refractivity contribution in [2.24, 2.45) is 29.1 Å². The summed E-state index contributed by atoms with van der Waals surface area (Å²) in [6.45, 7) is 2.13. The second-order valence-corrected chi connectivity index (χ2v) is 8.15. The number of rotatable bonds is 1. The Labute approximate surface area is 137 Å². The van der Waals surface area contributed by atoms with Gasteiger partial charge in [0.05, 0.1) is 0 Å². The SMILES string of the molecule is CC[C@]12C[C@H](Cl)[C@H]3[C@@H](CCC4=CC(=O)CC[C@@H]43)[C@@H]1C=CC2=O. The summed E-state index contributed by atoms with van der Waals surface area (Å²) in [4.78, 5) is 24.2. The molecule has 0 saturated heterocycles. The van der Waals surface area contributed by atoms with Gasteiger partial charge in [-0.2, -0.15) is 0 Å². The van der Waals surface area contributed by atoms with E-state index in [0.717, 1.165) is 32.1 Å². The summed E-state index contributed by atoms with van der Waals surface area (Å²) < 4.78 is 0. The third-order valence-corrected chi connectivity index (χ3v) is 7.35. The van der Waals surface area contributed by atoms with Crippen molar-refractivity contribution in [1.82, 2.24) is 0 Å². The molecule has 0 aromatic carbocycles. The van der Waals surface area contributed by atoms with Crippen LogP contribution in [0, 0.1) is 29.1 Å². The van der Waals surface area contributed by atoms with Gasteiger partial charge in [-0.25, -0.2) is 0 Å². The number of fused-ring (bicyclic) bond motifs is 5. The number of ketones is 2. The van der Waals surface area contributed by atoms with Gasteiger partial charge in [0.2, 0.25) is 0 Å². The highest BCUT2D eigenvalue weighted by Crippen LogP contribution is 2.61. The molecule has 118 valence electrons. The van der Waals surface area contributed by atoms with Gasteiger partial charge in [0.1, 0.15) is 0 Å².